The van der Waals surface area contributed by atoms with Gasteiger partial charge in [0.2, 0.25) is 0 Å². The minimum absolute atomic E-state index is 0.511. The van der Waals surface area contributed by atoms with Gasteiger partial charge in [0, 0.05) is 12.6 Å². The summed E-state index contributed by atoms with van der Waals surface area (Å²) < 4.78 is 10.5. The molecule has 0 saturated carbocycles. The van der Waals surface area contributed by atoms with E-state index in [-0.39, 0.29) is 0 Å². The largest absolute Gasteiger partial charge is 0.493 e. The SMILES string of the molecule is CNc1nc(-c2ccc(OC)c(OC)c2)ccc1C#N. The number of nitrogens with one attached hydrogen (secondary N) is 1. The molecule has 0 fully saturated rings. The van der Waals surface area contributed by atoms with Crippen LogP contribution in [0.25, 0.3) is 11.3 Å². The highest BCUT2D eigenvalue weighted by Crippen LogP contribution is 2.32. The van der Waals surface area contributed by atoms with Crippen LogP contribution in [-0.2, 0) is 0 Å². The Kier molecular flexibility index (Phi) is 4.06. The fraction of sp³-hybridized carbons (Fsp3) is 0.200. The molecule has 1 aromatic carbocycles. The van der Waals surface area contributed by atoms with Gasteiger partial charge in [0.15, 0.2) is 11.5 Å². The van der Waals surface area contributed by atoms with Crippen molar-refractivity contribution in [3.63, 3.8) is 0 Å². The van der Waals surface area contributed by atoms with Gasteiger partial charge in [-0.3, -0.25) is 0 Å². The standard InChI is InChI=1S/C15H15N3O2/c1-17-15-11(9-16)4-6-12(18-15)10-5-7-13(19-2)14(8-10)20-3/h4-8H,1-3H3,(H,17,18). The smallest absolute Gasteiger partial charge is 0.161 e. The van der Waals surface area contributed by atoms with Gasteiger partial charge in [-0.2, -0.15) is 5.26 Å². The van der Waals surface area contributed by atoms with Crippen molar-refractivity contribution in [1.82, 2.24) is 4.98 Å². The number of pyridine rings is 1. The number of aromatic nitrogens is 1. The summed E-state index contributed by atoms with van der Waals surface area (Å²) >= 11 is 0. The topological polar surface area (TPSA) is 67.2 Å². The van der Waals surface area contributed by atoms with Gasteiger partial charge < -0.3 is 14.8 Å². The van der Waals surface area contributed by atoms with Gasteiger partial charge in [-0.05, 0) is 30.3 Å². The zero-order valence-corrected chi connectivity index (χ0v) is 11.6. The molecule has 102 valence electrons. The lowest BCUT2D eigenvalue weighted by atomic mass is 10.1. The Hall–Kier alpha value is -2.74. The van der Waals surface area contributed by atoms with Crippen molar-refractivity contribution in [2.45, 2.75) is 0 Å². The lowest BCUT2D eigenvalue weighted by Crippen LogP contribution is -1.98. The van der Waals surface area contributed by atoms with Gasteiger partial charge in [0.1, 0.15) is 11.9 Å². The molecule has 2 aromatic rings. The second-order valence-corrected chi connectivity index (χ2v) is 4.02. The van der Waals surface area contributed by atoms with E-state index >= 15 is 0 Å². The Bertz CT molecular complexity index is 663. The molecule has 0 saturated heterocycles. The summed E-state index contributed by atoms with van der Waals surface area (Å²) in [6, 6.07) is 11.2. The third-order valence-corrected chi connectivity index (χ3v) is 2.93. The average Bonchev–Trinajstić information content (AvgIpc) is 2.53. The molecule has 2 rings (SSSR count). The summed E-state index contributed by atoms with van der Waals surface area (Å²) in [5, 5.41) is 11.9. The molecule has 0 atom stereocenters. The fourth-order valence-corrected chi connectivity index (χ4v) is 1.90. The number of nitrogens with zero attached hydrogens (tertiary/aromatic N) is 2. The second-order valence-electron chi connectivity index (χ2n) is 4.02. The van der Waals surface area contributed by atoms with Crippen LogP contribution in [0.2, 0.25) is 0 Å². The lowest BCUT2D eigenvalue weighted by Gasteiger charge is -2.10. The molecule has 0 unspecified atom stereocenters. The van der Waals surface area contributed by atoms with E-state index in [1.54, 1.807) is 33.4 Å². The molecule has 0 amide bonds. The van der Waals surface area contributed by atoms with Crippen molar-refractivity contribution in [3.05, 3.63) is 35.9 Å². The number of nitriles is 1. The van der Waals surface area contributed by atoms with E-state index in [2.05, 4.69) is 16.4 Å². The Balaban J connectivity index is 2.49. The van der Waals surface area contributed by atoms with Crippen LogP contribution in [0.1, 0.15) is 5.56 Å². The molecule has 0 spiro atoms. The molecular formula is C15H15N3O2. The van der Waals surface area contributed by atoms with Gasteiger partial charge in [-0.1, -0.05) is 0 Å². The van der Waals surface area contributed by atoms with E-state index in [4.69, 9.17) is 14.7 Å². The van der Waals surface area contributed by atoms with Crippen molar-refractivity contribution in [1.29, 1.82) is 5.26 Å². The van der Waals surface area contributed by atoms with Crippen LogP contribution in [0.4, 0.5) is 5.82 Å². The van der Waals surface area contributed by atoms with E-state index in [1.807, 2.05) is 18.2 Å². The van der Waals surface area contributed by atoms with E-state index < -0.39 is 0 Å². The highest BCUT2D eigenvalue weighted by atomic mass is 16.5. The highest BCUT2D eigenvalue weighted by molar-refractivity contribution is 5.67. The summed E-state index contributed by atoms with van der Waals surface area (Å²) in [5.41, 5.74) is 2.16. The first kappa shape index (κ1) is 13.7. The van der Waals surface area contributed by atoms with Crippen LogP contribution in [0.5, 0.6) is 11.5 Å². The zero-order valence-electron chi connectivity index (χ0n) is 11.6. The summed E-state index contributed by atoms with van der Waals surface area (Å²) in [7, 11) is 4.92. The van der Waals surface area contributed by atoms with Crippen LogP contribution in [0, 0.1) is 11.3 Å². The highest BCUT2D eigenvalue weighted by Gasteiger charge is 2.09. The Morgan fingerprint density at radius 2 is 1.85 bits per heavy atom. The van der Waals surface area contributed by atoms with E-state index in [0.717, 1.165) is 11.3 Å². The predicted octanol–water partition coefficient (Wildman–Crippen LogP) is 2.68. The average molecular weight is 269 g/mol. The van der Waals surface area contributed by atoms with Crippen LogP contribution in [0.3, 0.4) is 0 Å². The molecule has 20 heavy (non-hydrogen) atoms. The third-order valence-electron chi connectivity index (χ3n) is 2.93. The summed E-state index contributed by atoms with van der Waals surface area (Å²) in [5.74, 6) is 1.86. The van der Waals surface area contributed by atoms with Gasteiger partial charge in [0.25, 0.3) is 0 Å². The molecule has 1 N–H and O–H groups in total. The molecule has 0 aliphatic rings. The van der Waals surface area contributed by atoms with E-state index in [9.17, 15) is 0 Å². The Labute approximate surface area is 117 Å². The van der Waals surface area contributed by atoms with Crippen molar-refractivity contribution in [3.8, 4) is 28.8 Å². The molecule has 5 heteroatoms. The number of rotatable bonds is 4. The number of methoxy groups -OCH3 is 2. The first-order valence-electron chi connectivity index (χ1n) is 6.04. The first-order valence-corrected chi connectivity index (χ1v) is 6.04. The van der Waals surface area contributed by atoms with Crippen molar-refractivity contribution in [2.75, 3.05) is 26.6 Å². The van der Waals surface area contributed by atoms with Crippen LogP contribution in [-0.4, -0.2) is 26.3 Å². The maximum absolute atomic E-state index is 8.99. The van der Waals surface area contributed by atoms with Crippen LogP contribution < -0.4 is 14.8 Å². The molecule has 0 radical (unpaired) electrons. The quantitative estimate of drug-likeness (QED) is 0.924. The van der Waals surface area contributed by atoms with E-state index in [0.29, 0.717) is 22.9 Å². The maximum Gasteiger partial charge on any atom is 0.161 e. The monoisotopic (exact) mass is 269 g/mol. The summed E-state index contributed by atoms with van der Waals surface area (Å²) in [4.78, 5) is 4.43. The second kappa shape index (κ2) is 5.93. The minimum Gasteiger partial charge on any atom is -0.493 e. The van der Waals surface area contributed by atoms with Gasteiger partial charge in [0.05, 0.1) is 25.5 Å². The minimum atomic E-state index is 0.511. The van der Waals surface area contributed by atoms with E-state index in [1.165, 1.54) is 0 Å². The molecule has 1 heterocycles. The molecule has 0 bridgehead atoms. The molecule has 5 nitrogen and oxygen atoms in total. The number of benzene rings is 1. The number of anilines is 1. The molecule has 1 aromatic heterocycles. The maximum atomic E-state index is 8.99. The first-order chi connectivity index (χ1) is 9.73. The van der Waals surface area contributed by atoms with Gasteiger partial charge in [-0.15, -0.1) is 0 Å². The summed E-state index contributed by atoms with van der Waals surface area (Å²) in [6.45, 7) is 0. The van der Waals surface area contributed by atoms with Crippen LogP contribution >= 0.6 is 0 Å². The molecular weight excluding hydrogens is 254 g/mol. The zero-order chi connectivity index (χ0) is 14.5. The Morgan fingerprint density at radius 1 is 1.10 bits per heavy atom. The normalized spacial score (nSPS) is 9.70. The van der Waals surface area contributed by atoms with Crippen molar-refractivity contribution < 1.29 is 9.47 Å². The van der Waals surface area contributed by atoms with Crippen LogP contribution in [0.15, 0.2) is 30.3 Å². The number of ether oxygens (including phenoxy) is 2. The Morgan fingerprint density at radius 3 is 2.45 bits per heavy atom. The van der Waals surface area contributed by atoms with Gasteiger partial charge >= 0.3 is 0 Å². The number of hydrogen-bond acceptors (Lipinski definition) is 5. The third kappa shape index (κ3) is 2.50. The predicted molar refractivity (Wildman–Crippen MR) is 77.0 cm³/mol. The number of hydrogen-bond donors (Lipinski definition) is 1. The fourth-order valence-electron chi connectivity index (χ4n) is 1.90. The molecule has 0 aliphatic heterocycles. The molecule has 0 aliphatic carbocycles. The lowest BCUT2D eigenvalue weighted by molar-refractivity contribution is 0.355. The van der Waals surface area contributed by atoms with Crippen molar-refractivity contribution >= 4 is 5.82 Å². The van der Waals surface area contributed by atoms with Gasteiger partial charge in [-0.25, -0.2) is 4.98 Å². The summed E-state index contributed by atoms with van der Waals surface area (Å²) in [6.07, 6.45) is 0. The van der Waals surface area contributed by atoms with Crippen molar-refractivity contribution in [2.24, 2.45) is 0 Å².